The van der Waals surface area contributed by atoms with Gasteiger partial charge in [-0.1, -0.05) is 0 Å². The van der Waals surface area contributed by atoms with E-state index in [4.69, 9.17) is 0 Å². The van der Waals surface area contributed by atoms with E-state index in [9.17, 15) is 17.6 Å². The van der Waals surface area contributed by atoms with Crippen LogP contribution in [0.1, 0.15) is 24.1 Å². The lowest BCUT2D eigenvalue weighted by atomic mass is 10.2. The van der Waals surface area contributed by atoms with Gasteiger partial charge in [-0.25, -0.2) is 4.39 Å². The number of aromatic nitrogens is 1. The first-order chi connectivity index (χ1) is 7.85. The van der Waals surface area contributed by atoms with Crippen molar-refractivity contribution in [2.45, 2.75) is 36.8 Å². The third-order valence-electron chi connectivity index (χ3n) is 3.52. The molecule has 0 radical (unpaired) electrons. The molecule has 2 aliphatic rings. The number of rotatable bonds is 3. The minimum Gasteiger partial charge on any atom is -0.304 e. The van der Waals surface area contributed by atoms with Gasteiger partial charge in [-0.3, -0.25) is 4.98 Å². The molecule has 0 atom stereocenters. The molecule has 1 aromatic rings. The molecule has 2 fully saturated rings. The minimum absolute atomic E-state index is 0.247. The highest BCUT2D eigenvalue weighted by Crippen LogP contribution is 2.73. The number of alkyl halides is 4. The lowest BCUT2D eigenvalue weighted by Gasteiger charge is -2.09. The van der Waals surface area contributed by atoms with Crippen molar-refractivity contribution in [1.82, 2.24) is 10.3 Å². The molecule has 1 aromatic heterocycles. The zero-order valence-electron chi connectivity index (χ0n) is 8.81. The molecule has 2 saturated carbocycles. The van der Waals surface area contributed by atoms with Crippen molar-refractivity contribution in [2.75, 3.05) is 0 Å². The first kappa shape index (κ1) is 11.0. The summed E-state index contributed by atoms with van der Waals surface area (Å²) < 4.78 is 50.4. The Balaban J connectivity index is 1.67. The molecule has 2 nitrogen and oxygen atoms in total. The molecular formula is C11H10F4N2. The normalized spacial score (nSPS) is 34.4. The smallest absolute Gasteiger partial charge is 0.304 e. The lowest BCUT2D eigenvalue weighted by Crippen LogP contribution is -2.23. The summed E-state index contributed by atoms with van der Waals surface area (Å²) in [6.07, 6.45) is -2.34. The van der Waals surface area contributed by atoms with E-state index in [1.165, 1.54) is 6.07 Å². The van der Waals surface area contributed by atoms with E-state index in [2.05, 4.69) is 10.3 Å². The third-order valence-corrected chi connectivity index (χ3v) is 3.52. The van der Waals surface area contributed by atoms with E-state index >= 15 is 0 Å². The van der Waals surface area contributed by atoms with Gasteiger partial charge < -0.3 is 5.32 Å². The number of nitrogens with zero attached hydrogens (tertiary/aromatic N) is 1. The average Bonchev–Trinajstić information content (AvgIpc) is 2.99. The van der Waals surface area contributed by atoms with Gasteiger partial charge in [0.2, 0.25) is 0 Å². The molecule has 2 aliphatic carbocycles. The van der Waals surface area contributed by atoms with Crippen LogP contribution in [0.25, 0.3) is 0 Å². The van der Waals surface area contributed by atoms with Crippen molar-refractivity contribution in [3.63, 3.8) is 0 Å². The van der Waals surface area contributed by atoms with Crippen LogP contribution in [0, 0.1) is 0 Å². The Morgan fingerprint density at radius 3 is 2.53 bits per heavy atom. The predicted octanol–water partition coefficient (Wildman–Crippen LogP) is 2.44. The Morgan fingerprint density at radius 2 is 2.00 bits per heavy atom. The van der Waals surface area contributed by atoms with Gasteiger partial charge >= 0.3 is 6.18 Å². The largest absolute Gasteiger partial charge is 0.433 e. The van der Waals surface area contributed by atoms with Gasteiger partial charge in [-0.2, -0.15) is 13.2 Å². The van der Waals surface area contributed by atoms with Crippen LogP contribution in [0.15, 0.2) is 18.3 Å². The van der Waals surface area contributed by atoms with Crippen molar-refractivity contribution in [2.24, 2.45) is 0 Å². The van der Waals surface area contributed by atoms with Crippen molar-refractivity contribution in [3.05, 3.63) is 29.6 Å². The van der Waals surface area contributed by atoms with Crippen molar-refractivity contribution in [3.8, 4) is 0 Å². The van der Waals surface area contributed by atoms with Crippen molar-refractivity contribution >= 4 is 0 Å². The molecule has 0 aromatic carbocycles. The van der Waals surface area contributed by atoms with Crippen LogP contribution < -0.4 is 5.32 Å². The molecule has 0 bridgehead atoms. The number of halogens is 4. The number of hydrogen-bond acceptors (Lipinski definition) is 2. The molecule has 0 unspecified atom stereocenters. The molecule has 6 heteroatoms. The Labute approximate surface area is 95.0 Å². The SMILES string of the molecule is FC(F)(F)c1cc(CNC23CC2(F)C3)ccn1. The Hall–Kier alpha value is -1.17. The van der Waals surface area contributed by atoms with Gasteiger partial charge in [0, 0.05) is 25.6 Å². The highest BCUT2D eigenvalue weighted by atomic mass is 19.4. The maximum absolute atomic E-state index is 13.2. The molecule has 92 valence electrons. The second kappa shape index (κ2) is 2.98. The molecule has 0 spiro atoms. The first-order valence-electron chi connectivity index (χ1n) is 5.31. The molecule has 1 heterocycles. The van der Waals surface area contributed by atoms with E-state index in [-0.39, 0.29) is 6.54 Å². The Morgan fingerprint density at radius 1 is 1.35 bits per heavy atom. The molecule has 3 rings (SSSR count). The number of nitrogens with one attached hydrogen (secondary N) is 1. The zero-order valence-corrected chi connectivity index (χ0v) is 8.81. The average molecular weight is 246 g/mol. The van der Waals surface area contributed by atoms with E-state index in [0.717, 1.165) is 12.3 Å². The van der Waals surface area contributed by atoms with Crippen molar-refractivity contribution in [1.29, 1.82) is 0 Å². The topological polar surface area (TPSA) is 24.9 Å². The van der Waals surface area contributed by atoms with Gasteiger partial charge in [0.15, 0.2) is 0 Å². The quantitative estimate of drug-likeness (QED) is 0.828. The summed E-state index contributed by atoms with van der Waals surface area (Å²) in [5.41, 5.74) is -1.95. The zero-order chi connectivity index (χ0) is 12.3. The van der Waals surface area contributed by atoms with Gasteiger partial charge in [-0.15, -0.1) is 0 Å². The van der Waals surface area contributed by atoms with Gasteiger partial charge in [-0.05, 0) is 17.7 Å². The van der Waals surface area contributed by atoms with E-state index in [1.54, 1.807) is 0 Å². The van der Waals surface area contributed by atoms with E-state index in [0.29, 0.717) is 18.4 Å². The third kappa shape index (κ3) is 1.71. The molecule has 0 saturated heterocycles. The molecular weight excluding hydrogens is 236 g/mol. The molecule has 0 aliphatic heterocycles. The molecule has 17 heavy (non-hydrogen) atoms. The fraction of sp³-hybridized carbons (Fsp3) is 0.545. The van der Waals surface area contributed by atoms with E-state index in [1.807, 2.05) is 0 Å². The summed E-state index contributed by atoms with van der Waals surface area (Å²) in [4.78, 5) is 3.27. The van der Waals surface area contributed by atoms with Gasteiger partial charge in [0.05, 0.1) is 5.54 Å². The van der Waals surface area contributed by atoms with Crippen LogP contribution in [0.2, 0.25) is 0 Å². The summed E-state index contributed by atoms with van der Waals surface area (Å²) in [5.74, 6) is 0. The first-order valence-corrected chi connectivity index (χ1v) is 5.31. The minimum atomic E-state index is -4.43. The summed E-state index contributed by atoms with van der Waals surface area (Å²) in [7, 11) is 0. The van der Waals surface area contributed by atoms with Crippen LogP contribution in [-0.2, 0) is 12.7 Å². The van der Waals surface area contributed by atoms with Crippen LogP contribution in [0.5, 0.6) is 0 Å². The lowest BCUT2D eigenvalue weighted by molar-refractivity contribution is -0.141. The number of pyridine rings is 1. The highest BCUT2D eigenvalue weighted by molar-refractivity contribution is 5.41. The molecule has 1 N–H and O–H groups in total. The summed E-state index contributed by atoms with van der Waals surface area (Å²) in [5, 5.41) is 2.97. The maximum atomic E-state index is 13.2. The second-order valence-electron chi connectivity index (χ2n) is 4.80. The molecule has 0 amide bonds. The number of fused-ring (bicyclic) bond motifs is 1. The van der Waals surface area contributed by atoms with E-state index < -0.39 is 23.1 Å². The Kier molecular flexibility index (Phi) is 1.92. The summed E-state index contributed by atoms with van der Waals surface area (Å²) in [6.45, 7) is 0.247. The maximum Gasteiger partial charge on any atom is 0.433 e. The highest BCUT2D eigenvalue weighted by Gasteiger charge is 2.85. The van der Waals surface area contributed by atoms with Crippen molar-refractivity contribution < 1.29 is 17.6 Å². The van der Waals surface area contributed by atoms with Crippen LogP contribution in [0.3, 0.4) is 0 Å². The van der Waals surface area contributed by atoms with Crippen LogP contribution in [0.4, 0.5) is 17.6 Å². The standard InChI is InChI=1S/C11H10F4N2/c12-9-5-10(9,6-9)17-4-7-1-2-16-8(3-7)11(13,14)15/h1-3,17H,4-6H2. The monoisotopic (exact) mass is 246 g/mol. The van der Waals surface area contributed by atoms with Gasteiger partial charge in [0.25, 0.3) is 0 Å². The predicted molar refractivity (Wildman–Crippen MR) is 51.9 cm³/mol. The number of hydrogen-bond donors (Lipinski definition) is 1. The summed E-state index contributed by atoms with van der Waals surface area (Å²) in [6, 6.07) is 2.50. The Bertz CT molecular complexity index is 463. The van der Waals surface area contributed by atoms with Gasteiger partial charge in [0.1, 0.15) is 11.4 Å². The summed E-state index contributed by atoms with van der Waals surface area (Å²) >= 11 is 0. The van der Waals surface area contributed by atoms with Crippen LogP contribution in [-0.4, -0.2) is 16.2 Å². The second-order valence-corrected chi connectivity index (χ2v) is 4.80. The fourth-order valence-corrected chi connectivity index (χ4v) is 2.11. The fourth-order valence-electron chi connectivity index (χ4n) is 2.11. The van der Waals surface area contributed by atoms with Crippen LogP contribution >= 0.6 is 0 Å².